The van der Waals surface area contributed by atoms with Crippen LogP contribution in [0.15, 0.2) is 53.0 Å². The van der Waals surface area contributed by atoms with E-state index in [1.807, 2.05) is 30.3 Å². The van der Waals surface area contributed by atoms with Crippen molar-refractivity contribution in [1.29, 1.82) is 0 Å². The van der Waals surface area contributed by atoms with Gasteiger partial charge >= 0.3 is 5.97 Å². The molecule has 0 bridgehead atoms. The van der Waals surface area contributed by atoms with E-state index in [0.717, 1.165) is 11.6 Å². The Hall–Kier alpha value is -4.14. The molecule has 1 aromatic heterocycles. The van der Waals surface area contributed by atoms with Crippen molar-refractivity contribution in [2.45, 2.75) is 13.5 Å². The molecule has 0 aliphatic carbocycles. The molecule has 30 heavy (non-hydrogen) atoms. The molecular weight excluding hydrogens is 392 g/mol. The van der Waals surface area contributed by atoms with Gasteiger partial charge in [0.1, 0.15) is 18.1 Å². The Morgan fingerprint density at radius 1 is 1.23 bits per heavy atom. The minimum atomic E-state index is -0.675. The molecule has 152 valence electrons. The number of nitro groups is 1. The number of nitro benzene ring substituents is 1. The molecule has 2 heterocycles. The zero-order valence-corrected chi connectivity index (χ0v) is 15.9. The molecule has 9 heteroatoms. The lowest BCUT2D eigenvalue weighted by Crippen LogP contribution is -2.02. The lowest BCUT2D eigenvalue weighted by atomic mass is 10.1. The van der Waals surface area contributed by atoms with Crippen LogP contribution in [0.25, 0.3) is 17.5 Å². The number of carbonyl (C=O) groups excluding carboxylic acids is 1. The number of esters is 1. The number of nitrogens with zero attached hydrogens (tertiary/aromatic N) is 2. The molecule has 0 fully saturated rings. The van der Waals surface area contributed by atoms with Crippen molar-refractivity contribution in [1.82, 2.24) is 4.98 Å². The van der Waals surface area contributed by atoms with Crippen LogP contribution in [0.2, 0.25) is 0 Å². The third kappa shape index (κ3) is 4.00. The number of oxazole rings is 1. The number of hydrogen-bond donors (Lipinski definition) is 0. The van der Waals surface area contributed by atoms with Crippen LogP contribution in [0.5, 0.6) is 11.5 Å². The molecule has 0 atom stereocenters. The molecular formula is C21H16N2O7. The van der Waals surface area contributed by atoms with Gasteiger partial charge in [0.15, 0.2) is 11.5 Å². The Bertz CT molecular complexity index is 1140. The van der Waals surface area contributed by atoms with Crippen molar-refractivity contribution in [2.24, 2.45) is 0 Å². The Kier molecular flexibility index (Phi) is 5.17. The SMILES string of the molecule is Cc1oc(-c2ccccc2)nc1COC(=O)/C=C/c1cc2c(cc1[N+](=O)[O-])OCO2. The van der Waals surface area contributed by atoms with E-state index in [2.05, 4.69) is 4.98 Å². The van der Waals surface area contributed by atoms with Gasteiger partial charge in [0.2, 0.25) is 12.7 Å². The fourth-order valence-corrected chi connectivity index (χ4v) is 2.85. The molecule has 9 nitrogen and oxygen atoms in total. The number of aryl methyl sites for hydroxylation is 1. The van der Waals surface area contributed by atoms with Gasteiger partial charge in [-0.3, -0.25) is 10.1 Å². The monoisotopic (exact) mass is 408 g/mol. The molecule has 4 rings (SSSR count). The Labute approximate surface area is 170 Å². The summed E-state index contributed by atoms with van der Waals surface area (Å²) >= 11 is 0. The van der Waals surface area contributed by atoms with Crippen LogP contribution >= 0.6 is 0 Å². The van der Waals surface area contributed by atoms with Gasteiger partial charge in [0, 0.05) is 11.6 Å². The lowest BCUT2D eigenvalue weighted by molar-refractivity contribution is -0.385. The molecule has 0 unspecified atom stereocenters. The van der Waals surface area contributed by atoms with E-state index in [1.54, 1.807) is 6.92 Å². The number of carbonyl (C=O) groups is 1. The van der Waals surface area contributed by atoms with E-state index >= 15 is 0 Å². The summed E-state index contributed by atoms with van der Waals surface area (Å²) in [6.45, 7) is 1.63. The maximum atomic E-state index is 12.1. The zero-order valence-electron chi connectivity index (χ0n) is 15.9. The Morgan fingerprint density at radius 3 is 2.70 bits per heavy atom. The highest BCUT2D eigenvalue weighted by molar-refractivity contribution is 5.88. The second-order valence-electron chi connectivity index (χ2n) is 6.35. The van der Waals surface area contributed by atoms with Crippen molar-refractivity contribution < 1.29 is 28.3 Å². The number of aromatic nitrogens is 1. The third-order valence-electron chi connectivity index (χ3n) is 4.38. The van der Waals surface area contributed by atoms with Crippen LogP contribution in [0.1, 0.15) is 17.0 Å². The van der Waals surface area contributed by atoms with Gasteiger partial charge in [-0.25, -0.2) is 9.78 Å². The number of rotatable bonds is 6. The first kappa shape index (κ1) is 19.2. The highest BCUT2D eigenvalue weighted by Gasteiger charge is 2.22. The first-order valence-electron chi connectivity index (χ1n) is 8.96. The van der Waals surface area contributed by atoms with Crippen molar-refractivity contribution in [3.8, 4) is 23.0 Å². The van der Waals surface area contributed by atoms with Crippen molar-refractivity contribution in [3.63, 3.8) is 0 Å². The summed E-state index contributed by atoms with van der Waals surface area (Å²) in [4.78, 5) is 27.2. The maximum Gasteiger partial charge on any atom is 0.331 e. The number of benzene rings is 2. The van der Waals surface area contributed by atoms with E-state index in [4.69, 9.17) is 18.6 Å². The van der Waals surface area contributed by atoms with Gasteiger partial charge in [-0.05, 0) is 31.2 Å². The molecule has 0 radical (unpaired) electrons. The predicted molar refractivity (Wildman–Crippen MR) is 105 cm³/mol. The molecule has 0 saturated carbocycles. The van der Waals surface area contributed by atoms with E-state index < -0.39 is 10.9 Å². The van der Waals surface area contributed by atoms with Crippen LogP contribution < -0.4 is 9.47 Å². The second kappa shape index (κ2) is 8.08. The second-order valence-corrected chi connectivity index (χ2v) is 6.35. The van der Waals surface area contributed by atoms with Crippen LogP contribution in [0, 0.1) is 17.0 Å². The minimum Gasteiger partial charge on any atom is -0.456 e. The fourth-order valence-electron chi connectivity index (χ4n) is 2.85. The first-order valence-corrected chi connectivity index (χ1v) is 8.96. The average Bonchev–Trinajstić information content (AvgIpc) is 3.36. The standard InChI is InChI=1S/C21H16N2O7/c1-13-16(22-21(30-13)14-5-3-2-4-6-14)11-27-20(24)8-7-15-9-18-19(29-12-28-18)10-17(15)23(25)26/h2-10H,11-12H2,1H3/b8-7+. The summed E-state index contributed by atoms with van der Waals surface area (Å²) in [6.07, 6.45) is 2.41. The van der Waals surface area contributed by atoms with Crippen LogP contribution in [-0.2, 0) is 16.1 Å². The van der Waals surface area contributed by atoms with Crippen molar-refractivity contribution in [3.05, 3.63) is 75.7 Å². The maximum absolute atomic E-state index is 12.1. The molecule has 0 amide bonds. The van der Waals surface area contributed by atoms with Gasteiger partial charge < -0.3 is 18.6 Å². The zero-order chi connectivity index (χ0) is 21.1. The van der Waals surface area contributed by atoms with E-state index in [0.29, 0.717) is 23.1 Å². The number of ether oxygens (including phenoxy) is 3. The minimum absolute atomic E-state index is 0.0102. The summed E-state index contributed by atoms with van der Waals surface area (Å²) in [5.74, 6) is 0.964. The summed E-state index contributed by atoms with van der Waals surface area (Å²) < 4.78 is 21.2. The Morgan fingerprint density at radius 2 is 1.97 bits per heavy atom. The van der Waals surface area contributed by atoms with Crippen molar-refractivity contribution in [2.75, 3.05) is 6.79 Å². The topological polar surface area (TPSA) is 114 Å². The summed E-state index contributed by atoms with van der Waals surface area (Å²) in [5, 5.41) is 11.3. The quantitative estimate of drug-likeness (QED) is 0.260. The van der Waals surface area contributed by atoms with Gasteiger partial charge in [0.05, 0.1) is 16.6 Å². The van der Waals surface area contributed by atoms with E-state index in [9.17, 15) is 14.9 Å². The molecule has 0 saturated heterocycles. The van der Waals surface area contributed by atoms with Crippen molar-refractivity contribution >= 4 is 17.7 Å². The van der Waals surface area contributed by atoms with Crippen LogP contribution in [-0.4, -0.2) is 22.7 Å². The summed E-state index contributed by atoms with van der Waals surface area (Å²) in [5.41, 5.74) is 1.30. The van der Waals surface area contributed by atoms with E-state index in [-0.39, 0.29) is 30.4 Å². The third-order valence-corrected chi connectivity index (χ3v) is 4.38. The summed E-state index contributed by atoms with van der Waals surface area (Å²) in [6, 6.07) is 12.1. The molecule has 1 aliphatic heterocycles. The van der Waals surface area contributed by atoms with Gasteiger partial charge in [-0.2, -0.15) is 0 Å². The number of hydrogen-bond acceptors (Lipinski definition) is 8. The first-order chi connectivity index (χ1) is 14.5. The fraction of sp³-hybridized carbons (Fsp3) is 0.143. The highest BCUT2D eigenvalue weighted by atomic mass is 16.7. The Balaban J connectivity index is 1.44. The molecule has 0 spiro atoms. The van der Waals surface area contributed by atoms with Crippen LogP contribution in [0.4, 0.5) is 5.69 Å². The lowest BCUT2D eigenvalue weighted by Gasteiger charge is -2.01. The van der Waals surface area contributed by atoms with E-state index in [1.165, 1.54) is 18.2 Å². The smallest absolute Gasteiger partial charge is 0.331 e. The van der Waals surface area contributed by atoms with Gasteiger partial charge in [0.25, 0.3) is 5.69 Å². The normalized spacial score (nSPS) is 12.3. The molecule has 1 aliphatic rings. The van der Waals surface area contributed by atoms with Gasteiger partial charge in [-0.15, -0.1) is 0 Å². The highest BCUT2D eigenvalue weighted by Crippen LogP contribution is 2.38. The predicted octanol–water partition coefficient (Wildman–Crippen LogP) is 4.04. The number of fused-ring (bicyclic) bond motifs is 1. The molecule has 3 aromatic rings. The van der Waals surface area contributed by atoms with Gasteiger partial charge in [-0.1, -0.05) is 18.2 Å². The summed E-state index contributed by atoms with van der Waals surface area (Å²) in [7, 11) is 0. The largest absolute Gasteiger partial charge is 0.456 e. The molecule has 2 aromatic carbocycles. The molecule has 0 N–H and O–H groups in total. The average molecular weight is 408 g/mol. The van der Waals surface area contributed by atoms with Crippen LogP contribution in [0.3, 0.4) is 0 Å².